The topological polar surface area (TPSA) is 26.3 Å². The smallest absolute Gasteiger partial charge is 0.422 e. The number of hydrogen-bond donors (Lipinski definition) is 0. The minimum Gasteiger partial charge on any atom is -0.502 e. The van der Waals surface area contributed by atoms with E-state index in [1.54, 1.807) is 91.0 Å². The molecule has 0 saturated carbocycles. The monoisotopic (exact) mass is 398 g/mol. The van der Waals surface area contributed by atoms with Crippen molar-refractivity contribution in [1.82, 2.24) is 0 Å². The first-order valence-electron chi connectivity index (χ1n) is 8.51. The Balaban J connectivity index is 2.26. The van der Waals surface area contributed by atoms with Crippen molar-refractivity contribution < 1.29 is 22.4 Å². The maximum Gasteiger partial charge on any atom is 0.422 e. The zero-order valence-electron chi connectivity index (χ0n) is 14.8. The zero-order chi connectivity index (χ0) is 20.2. The van der Waals surface area contributed by atoms with Gasteiger partial charge in [-0.15, -0.1) is 0 Å². The van der Waals surface area contributed by atoms with Crippen LogP contribution in [0.15, 0.2) is 103 Å². The van der Waals surface area contributed by atoms with Crippen molar-refractivity contribution in [3.05, 3.63) is 103 Å². The minimum absolute atomic E-state index is 0.663. The summed E-state index contributed by atoms with van der Waals surface area (Å²) in [6, 6.07) is 26.7. The third-order valence-corrected chi connectivity index (χ3v) is 8.31. The molecule has 28 heavy (non-hydrogen) atoms. The van der Waals surface area contributed by atoms with E-state index in [0.717, 1.165) is 0 Å². The Morgan fingerprint density at radius 2 is 1.04 bits per heavy atom. The molecule has 0 N–H and O–H groups in total. The fourth-order valence-electron chi connectivity index (χ4n) is 3.01. The maximum atomic E-state index is 13.1. The van der Waals surface area contributed by atoms with Gasteiger partial charge in [0, 0.05) is 0 Å². The fourth-order valence-corrected chi connectivity index (χ4v) is 6.75. The molecule has 0 aliphatic carbocycles. The van der Waals surface area contributed by atoms with Crippen molar-refractivity contribution in [3.63, 3.8) is 0 Å². The Kier molecular flexibility index (Phi) is 5.51. The summed E-state index contributed by atoms with van der Waals surface area (Å²) in [4.78, 5) is 12.5. The lowest BCUT2D eigenvalue weighted by Gasteiger charge is -2.32. The summed E-state index contributed by atoms with van der Waals surface area (Å²) in [6.45, 7) is 2.91. The summed E-state index contributed by atoms with van der Waals surface area (Å²) in [6.07, 6.45) is -4.86. The standard InChI is InChI=1S/C22H17F3O2Si/c1-17(22(23,24)25)21(26)27-28(18-11-5-2-6-12-18,19-13-7-3-8-14-19)20-15-9-4-10-16-20/h2-16H,1H2. The van der Waals surface area contributed by atoms with Gasteiger partial charge in [-0.2, -0.15) is 13.2 Å². The van der Waals surface area contributed by atoms with Gasteiger partial charge >= 0.3 is 20.5 Å². The highest BCUT2D eigenvalue weighted by atomic mass is 28.4. The summed E-state index contributed by atoms with van der Waals surface area (Å²) in [5.74, 6) is -1.46. The van der Waals surface area contributed by atoms with Gasteiger partial charge in [0.2, 0.25) is 0 Å². The number of benzene rings is 3. The molecule has 0 atom stereocenters. The van der Waals surface area contributed by atoms with E-state index in [-0.39, 0.29) is 0 Å². The summed E-state index contributed by atoms with van der Waals surface area (Å²) in [5.41, 5.74) is -1.52. The summed E-state index contributed by atoms with van der Waals surface area (Å²) >= 11 is 0. The maximum absolute atomic E-state index is 13.1. The van der Waals surface area contributed by atoms with E-state index < -0.39 is 26.0 Å². The van der Waals surface area contributed by atoms with Crippen molar-refractivity contribution >= 4 is 29.8 Å². The summed E-state index contributed by atoms with van der Waals surface area (Å²) < 4.78 is 45.1. The van der Waals surface area contributed by atoms with Gasteiger partial charge in [0.25, 0.3) is 0 Å². The molecule has 3 aromatic rings. The third kappa shape index (κ3) is 3.77. The quantitative estimate of drug-likeness (QED) is 0.375. The molecule has 0 saturated heterocycles. The van der Waals surface area contributed by atoms with E-state index in [1.807, 2.05) is 0 Å². The van der Waals surface area contributed by atoms with Gasteiger partial charge in [0.15, 0.2) is 0 Å². The zero-order valence-corrected chi connectivity index (χ0v) is 15.8. The molecule has 0 aliphatic rings. The van der Waals surface area contributed by atoms with Crippen LogP contribution in [0.5, 0.6) is 0 Å². The number of carbonyl (C=O) groups is 1. The molecule has 3 rings (SSSR count). The van der Waals surface area contributed by atoms with Crippen LogP contribution < -0.4 is 15.6 Å². The van der Waals surface area contributed by atoms with E-state index in [4.69, 9.17) is 4.43 Å². The second-order valence-electron chi connectivity index (χ2n) is 6.15. The van der Waals surface area contributed by atoms with Crippen LogP contribution >= 0.6 is 0 Å². The molecule has 0 amide bonds. The molecule has 6 heteroatoms. The van der Waals surface area contributed by atoms with Gasteiger partial charge in [0.1, 0.15) is 5.57 Å². The number of rotatable bonds is 5. The SMILES string of the molecule is C=C(C(=O)O[Si](c1ccccc1)(c1ccccc1)c1ccccc1)C(F)(F)F. The van der Waals surface area contributed by atoms with Crippen LogP contribution in [0.4, 0.5) is 13.2 Å². The first-order chi connectivity index (χ1) is 13.4. The lowest BCUT2D eigenvalue weighted by molar-refractivity contribution is -0.142. The second-order valence-corrected chi connectivity index (χ2v) is 9.44. The highest BCUT2D eigenvalue weighted by molar-refractivity contribution is 7.07. The van der Waals surface area contributed by atoms with Gasteiger partial charge in [0.05, 0.1) is 0 Å². The molecule has 142 valence electrons. The molecule has 0 unspecified atom stereocenters. The molecule has 0 fully saturated rings. The van der Waals surface area contributed by atoms with Crippen LogP contribution in [0.1, 0.15) is 0 Å². The molecule has 0 aliphatic heterocycles. The normalized spacial score (nSPS) is 11.7. The Labute approximate surface area is 162 Å². The van der Waals surface area contributed by atoms with Gasteiger partial charge in [-0.05, 0) is 15.6 Å². The fraction of sp³-hybridized carbons (Fsp3) is 0.0455. The average Bonchev–Trinajstić information content (AvgIpc) is 2.72. The van der Waals surface area contributed by atoms with Crippen LogP contribution in [-0.2, 0) is 9.22 Å². The van der Waals surface area contributed by atoms with Crippen molar-refractivity contribution in [3.8, 4) is 0 Å². The van der Waals surface area contributed by atoms with Crippen molar-refractivity contribution in [2.45, 2.75) is 6.18 Å². The average molecular weight is 398 g/mol. The van der Waals surface area contributed by atoms with E-state index in [1.165, 1.54) is 0 Å². The van der Waals surface area contributed by atoms with E-state index in [0.29, 0.717) is 15.6 Å². The van der Waals surface area contributed by atoms with Crippen LogP contribution in [0.25, 0.3) is 0 Å². The van der Waals surface area contributed by atoms with Gasteiger partial charge < -0.3 is 4.43 Å². The molecule has 0 heterocycles. The lowest BCUT2D eigenvalue weighted by atomic mass is 10.3. The van der Waals surface area contributed by atoms with E-state index in [9.17, 15) is 18.0 Å². The predicted octanol–water partition coefficient (Wildman–Crippen LogP) is 3.32. The lowest BCUT2D eigenvalue weighted by Crippen LogP contribution is -2.70. The van der Waals surface area contributed by atoms with Crippen LogP contribution in [-0.4, -0.2) is 20.5 Å². The predicted molar refractivity (Wildman–Crippen MR) is 105 cm³/mol. The molecule has 2 nitrogen and oxygen atoms in total. The number of halogens is 3. The largest absolute Gasteiger partial charge is 0.502 e. The Bertz CT molecular complexity index is 859. The molecule has 0 radical (unpaired) electrons. The van der Waals surface area contributed by atoms with Crippen LogP contribution in [0.2, 0.25) is 0 Å². The number of alkyl halides is 3. The Morgan fingerprint density at radius 1 is 0.714 bits per heavy atom. The van der Waals surface area contributed by atoms with Crippen LogP contribution in [0, 0.1) is 0 Å². The molecular formula is C22H17F3O2Si. The molecule has 0 aromatic heterocycles. The van der Waals surface area contributed by atoms with Crippen molar-refractivity contribution in [2.75, 3.05) is 0 Å². The Morgan fingerprint density at radius 3 is 1.32 bits per heavy atom. The van der Waals surface area contributed by atoms with Gasteiger partial charge in [-0.1, -0.05) is 97.6 Å². The molecular weight excluding hydrogens is 381 g/mol. The van der Waals surface area contributed by atoms with E-state index in [2.05, 4.69) is 6.58 Å². The highest BCUT2D eigenvalue weighted by Crippen LogP contribution is 2.26. The van der Waals surface area contributed by atoms with Gasteiger partial charge in [-0.3, -0.25) is 0 Å². The number of carbonyl (C=O) groups excluding carboxylic acids is 1. The summed E-state index contributed by atoms with van der Waals surface area (Å²) in [7, 11) is -3.54. The van der Waals surface area contributed by atoms with Crippen molar-refractivity contribution in [1.29, 1.82) is 0 Å². The third-order valence-electron chi connectivity index (χ3n) is 4.38. The first kappa shape index (κ1) is 19.6. The Hall–Kier alpha value is -3.12. The molecule has 3 aromatic carbocycles. The minimum atomic E-state index is -4.86. The first-order valence-corrected chi connectivity index (χ1v) is 10.4. The number of hydrogen-bond acceptors (Lipinski definition) is 2. The molecule has 0 spiro atoms. The summed E-state index contributed by atoms with van der Waals surface area (Å²) in [5, 5.41) is 1.99. The van der Waals surface area contributed by atoms with Gasteiger partial charge in [-0.25, -0.2) is 4.79 Å². The highest BCUT2D eigenvalue weighted by Gasteiger charge is 2.48. The molecule has 0 bridgehead atoms. The second kappa shape index (κ2) is 7.86. The van der Waals surface area contributed by atoms with Crippen LogP contribution in [0.3, 0.4) is 0 Å². The van der Waals surface area contributed by atoms with Crippen molar-refractivity contribution in [2.24, 2.45) is 0 Å². The van der Waals surface area contributed by atoms with E-state index >= 15 is 0 Å².